The Bertz CT molecular complexity index is 2510. The summed E-state index contributed by atoms with van der Waals surface area (Å²) in [5.41, 5.74) is 6.30. The lowest BCUT2D eigenvalue weighted by molar-refractivity contribution is 0.0887. The molecule has 0 N–H and O–H groups in total. The van der Waals surface area contributed by atoms with Crippen LogP contribution in [0.25, 0.3) is 0 Å². The molecule has 5 saturated heterocycles. The molecule has 12 heteroatoms. The van der Waals surface area contributed by atoms with Crippen LogP contribution in [0.1, 0.15) is 339 Å². The van der Waals surface area contributed by atoms with Gasteiger partial charge in [-0.3, -0.25) is 39.2 Å². The highest BCUT2D eigenvalue weighted by Gasteiger charge is 2.29. The predicted molar refractivity (Wildman–Crippen MR) is 521 cm³/mol. The van der Waals surface area contributed by atoms with Crippen molar-refractivity contribution >= 4 is 0 Å². The van der Waals surface area contributed by atoms with Gasteiger partial charge in [-0.05, 0) is 320 Å². The minimum absolute atomic E-state index is 0.586. The van der Waals surface area contributed by atoms with E-state index in [0.29, 0.717) is 48.2 Å². The van der Waals surface area contributed by atoms with Crippen LogP contribution >= 0.6 is 0 Å². The Morgan fingerprint density at radius 2 is 0.647 bits per heavy atom. The van der Waals surface area contributed by atoms with Crippen molar-refractivity contribution in [2.45, 2.75) is 400 Å². The summed E-state index contributed by atoms with van der Waals surface area (Å²) in [5, 5.41) is 0. The summed E-state index contributed by atoms with van der Waals surface area (Å²) in [6, 6.07) is 10.7. The molecule has 0 aromatic carbocycles. The van der Waals surface area contributed by atoms with Gasteiger partial charge in [0.05, 0.1) is 6.67 Å². The summed E-state index contributed by atoms with van der Waals surface area (Å²) in [5.74, 6) is 9.92. The largest absolute Gasteiger partial charge is 0.352 e. The van der Waals surface area contributed by atoms with Crippen LogP contribution in [-0.4, -0.2) is 262 Å². The molecule has 12 nitrogen and oxygen atoms in total. The fourth-order valence-electron chi connectivity index (χ4n) is 16.7. The topological polar surface area (TPSA) is 40.6 Å². The van der Waals surface area contributed by atoms with Gasteiger partial charge in [-0.25, -0.2) is 0 Å². The van der Waals surface area contributed by atoms with E-state index in [0.717, 1.165) is 122 Å². The number of hydrogen-bond donors (Lipinski definition) is 0. The van der Waals surface area contributed by atoms with E-state index in [1.165, 1.54) is 162 Å². The van der Waals surface area contributed by atoms with Gasteiger partial charge in [-0.15, -0.1) is 0 Å². The molecule has 684 valence electrons. The molecule has 3 atom stereocenters. The third kappa shape index (κ3) is 45.4. The first-order chi connectivity index (χ1) is 54.1. The molecule has 0 spiro atoms. The highest BCUT2D eigenvalue weighted by atomic mass is 15.4. The molecular weight excluding hydrogens is 1420 g/mol. The Kier molecular flexibility index (Phi) is 57.5. The van der Waals surface area contributed by atoms with Crippen LogP contribution in [-0.2, 0) is 0 Å². The predicted octanol–water partition coefficient (Wildman–Crippen LogP) is 24.1. The van der Waals surface area contributed by atoms with E-state index in [4.69, 9.17) is 0 Å². The molecule has 10 heterocycles. The Balaban J connectivity index is 0.000000645. The smallest absolute Gasteiger partial charge is 0.0512 e. The summed E-state index contributed by atoms with van der Waals surface area (Å²) < 4.78 is 2.25. The first-order valence-corrected chi connectivity index (χ1v) is 49.1. The van der Waals surface area contributed by atoms with Crippen LogP contribution in [0, 0.1) is 65.1 Å². The molecule has 0 amide bonds. The first kappa shape index (κ1) is 112. The molecule has 9 aliphatic rings. The van der Waals surface area contributed by atoms with Gasteiger partial charge in [0.2, 0.25) is 0 Å². The lowest BCUT2D eigenvalue weighted by Gasteiger charge is -2.38. The molecule has 5 fully saturated rings. The van der Waals surface area contributed by atoms with Gasteiger partial charge in [0.15, 0.2) is 0 Å². The number of aromatic nitrogens is 1. The van der Waals surface area contributed by atoms with E-state index >= 15 is 0 Å². The standard InChI is InChI=1S/C11H23N.C11H21N.C11H23N.2C11H21N.C10H22N2.C10H21N.C10H19N.C10H17N.C9H20N2/c2*1-9(2)11-5-7-12(8-6-11)10(3)4;3*1-9(2)11-6-5-7-12(8-11)10(3)4;1-9(2)11-5-7-12(8-6-11)10(3)4;4*1-8(2)10-5-6-11(7-10)9(3)4/h9-11H,5-8H2,1-4H3;5,9-10H,6-8H2,1-4H3;9-11H,5-8H2,1-4H3;6,9-10H,5,7-8H2,1-4H3;5-6,9-11H,7-8H2,1-4H3;9-10H,5-8H2,1-4H3;8-10H,5-7H2,1-4H3;5,8-9H,6-7H2,1-4H3;5-9H,1-4H3;8-9H,5-7H2,1-4H3. The van der Waals surface area contributed by atoms with Gasteiger partial charge >= 0.3 is 0 Å². The second-order valence-corrected chi connectivity index (χ2v) is 42.6. The number of likely N-dealkylation sites (tertiary alicyclic amines) is 3. The van der Waals surface area contributed by atoms with Crippen LogP contribution in [0.5, 0.6) is 0 Å². The number of hydrogen-bond acceptors (Lipinski definition) is 11. The number of nitrogens with zero attached hydrogens (tertiary/aromatic N) is 12. The zero-order valence-electron chi connectivity index (χ0n) is 85.6. The van der Waals surface area contributed by atoms with E-state index in [1.807, 2.05) is 0 Å². The summed E-state index contributed by atoms with van der Waals surface area (Å²) in [6.07, 6.45) is 25.9. The van der Waals surface area contributed by atoms with E-state index in [1.54, 1.807) is 16.7 Å². The number of piperazine rings is 1. The van der Waals surface area contributed by atoms with Crippen molar-refractivity contribution in [3.63, 3.8) is 0 Å². The first-order valence-electron chi connectivity index (χ1n) is 49.1. The average Bonchev–Trinajstić information content (AvgIpc) is 1.68. The van der Waals surface area contributed by atoms with Crippen molar-refractivity contribution in [3.05, 3.63) is 71.1 Å². The molecule has 0 radical (unpaired) electrons. The molecule has 0 aliphatic carbocycles. The second-order valence-electron chi connectivity index (χ2n) is 42.6. The number of piperidine rings is 2. The molecule has 0 saturated carbocycles. The Hall–Kier alpha value is -2.20. The SMILES string of the molecule is CC(C)C1=CCCN(C(C)C)C1.CC(C)C1=CCN(C(C)C)C1.CC(C)C1=CCN(C(C)C)CC1.CC(C)C1C=CCN(C(C)C)C1.CC(C)C1CCCN(C(C)C)C1.CC(C)C1CCN(C(C)C)C1.CC(C)C1CCN(C(C)C)CC1.CC(C)N1CCN(C(C)C)C1.CC(C)N1CCN(C(C)C)CC1.CC(C)c1ccn(C(C)C)c1. The Morgan fingerprint density at radius 3 is 0.974 bits per heavy atom. The minimum Gasteiger partial charge on any atom is -0.352 e. The fraction of sp³-hybridized carbons (Fsp3) is 0.885. The van der Waals surface area contributed by atoms with E-state index in [9.17, 15) is 0 Å². The fourth-order valence-corrected chi connectivity index (χ4v) is 16.7. The van der Waals surface area contributed by atoms with Crippen LogP contribution in [0.4, 0.5) is 0 Å². The van der Waals surface area contributed by atoms with Gasteiger partial charge in [-0.1, -0.05) is 158 Å². The number of rotatable bonds is 20. The van der Waals surface area contributed by atoms with Gasteiger partial charge in [0, 0.05) is 190 Å². The van der Waals surface area contributed by atoms with Crippen LogP contribution < -0.4 is 0 Å². The third-order valence-electron chi connectivity index (χ3n) is 27.3. The van der Waals surface area contributed by atoms with Crippen molar-refractivity contribution in [2.24, 2.45) is 65.1 Å². The van der Waals surface area contributed by atoms with Crippen molar-refractivity contribution in [1.82, 2.24) is 58.5 Å². The Labute approximate surface area is 728 Å². The zero-order valence-corrected chi connectivity index (χ0v) is 85.6. The van der Waals surface area contributed by atoms with Crippen molar-refractivity contribution in [2.75, 3.05) is 138 Å². The summed E-state index contributed by atoms with van der Waals surface area (Å²) in [4.78, 5) is 28.0. The summed E-state index contributed by atoms with van der Waals surface area (Å²) >= 11 is 0. The average molecular weight is 1630 g/mol. The maximum absolute atomic E-state index is 2.62. The molecule has 10 rings (SSSR count). The highest BCUT2D eigenvalue weighted by Crippen LogP contribution is 2.29. The lowest BCUT2D eigenvalue weighted by atomic mass is 9.86. The molecule has 9 aliphatic heterocycles. The quantitative estimate of drug-likeness (QED) is 0.117. The van der Waals surface area contributed by atoms with Gasteiger partial charge in [0.1, 0.15) is 0 Å². The lowest BCUT2D eigenvalue weighted by Crippen LogP contribution is -2.50. The monoisotopic (exact) mass is 1630 g/mol. The van der Waals surface area contributed by atoms with Crippen molar-refractivity contribution in [3.8, 4) is 0 Å². The highest BCUT2D eigenvalue weighted by molar-refractivity contribution is 5.16. The van der Waals surface area contributed by atoms with Crippen LogP contribution in [0.3, 0.4) is 0 Å². The summed E-state index contributed by atoms with van der Waals surface area (Å²) in [6.45, 7) is 118. The molecular formula is C104H208N12. The van der Waals surface area contributed by atoms with E-state index < -0.39 is 0 Å². The maximum atomic E-state index is 2.62. The van der Waals surface area contributed by atoms with Gasteiger partial charge in [-0.2, -0.15) is 0 Å². The summed E-state index contributed by atoms with van der Waals surface area (Å²) in [7, 11) is 0. The van der Waals surface area contributed by atoms with Crippen LogP contribution in [0.15, 0.2) is 65.6 Å². The minimum atomic E-state index is 0.586. The van der Waals surface area contributed by atoms with Crippen molar-refractivity contribution < 1.29 is 0 Å². The Morgan fingerprint density at radius 1 is 0.276 bits per heavy atom. The molecule has 1 aromatic heterocycles. The molecule has 0 bridgehead atoms. The normalized spacial score (nSPS) is 22.0. The zero-order chi connectivity index (χ0) is 88.5. The van der Waals surface area contributed by atoms with E-state index in [2.05, 4.69) is 384 Å². The maximum Gasteiger partial charge on any atom is 0.0512 e. The van der Waals surface area contributed by atoms with Gasteiger partial charge in [0.25, 0.3) is 0 Å². The second kappa shape index (κ2) is 59.6. The molecule has 116 heavy (non-hydrogen) atoms. The van der Waals surface area contributed by atoms with E-state index in [-0.39, 0.29) is 0 Å². The van der Waals surface area contributed by atoms with Crippen molar-refractivity contribution in [1.29, 1.82) is 0 Å². The molecule has 1 aromatic rings. The third-order valence-corrected chi connectivity index (χ3v) is 27.3. The van der Waals surface area contributed by atoms with Gasteiger partial charge < -0.3 is 19.3 Å². The van der Waals surface area contributed by atoms with Crippen LogP contribution in [0.2, 0.25) is 0 Å². The molecule has 3 unspecified atom stereocenters.